The third-order valence-electron chi connectivity index (χ3n) is 6.04. The number of amides is 1. The normalized spacial score (nSPS) is 13.6. The minimum absolute atomic E-state index is 0.120. The molecule has 200 valence electrons. The molecule has 1 aromatic carbocycles. The molecule has 4 heterocycles. The fourth-order valence-electron chi connectivity index (χ4n) is 4.37. The Bertz CT molecular complexity index is 1490. The molecule has 0 atom stereocenters. The standard InChI is InChI=1S/C27H29FN4O5S/c1-27(2,3)37-26(34)31-8-9-32-17(15-31)14-20(30-32)23-22(24-19(7-12-38-24)25(33)29-23)18-6-5-16(28)13-21(18)36-11-10-35-4/h5-7,12-14H,8-11,15H2,1-4H3,(H,29,33). The first-order chi connectivity index (χ1) is 18.1. The maximum Gasteiger partial charge on any atom is 0.410 e. The summed E-state index contributed by atoms with van der Waals surface area (Å²) in [4.78, 5) is 18.8. The molecule has 0 aliphatic carbocycles. The van der Waals surface area contributed by atoms with Gasteiger partial charge >= 0.3 is 6.09 Å². The number of hydrogen-bond acceptors (Lipinski definition) is 8. The third kappa shape index (κ3) is 5.16. The number of nitrogens with zero attached hydrogens (tertiary/aromatic N) is 4. The van der Waals surface area contributed by atoms with Gasteiger partial charge in [-0.05, 0) is 50.4 Å². The lowest BCUT2D eigenvalue weighted by Gasteiger charge is -2.30. The number of rotatable bonds is 6. The maximum absolute atomic E-state index is 14.3. The van der Waals surface area contributed by atoms with Crippen molar-refractivity contribution in [2.75, 3.05) is 26.9 Å². The number of benzene rings is 1. The number of pyridine rings is 1. The topological polar surface area (TPSA) is 98.9 Å². The highest BCUT2D eigenvalue weighted by Gasteiger charge is 2.29. The molecule has 5 rings (SSSR count). The fraction of sp³-hybridized carbons (Fsp3) is 0.370. The number of ether oxygens (including phenoxy) is 3. The number of hydrogen-bond donors (Lipinski definition) is 1. The zero-order chi connectivity index (χ0) is 27.0. The molecule has 3 aromatic heterocycles. The molecular formula is C27H29FN4O5S. The molecule has 0 saturated carbocycles. The minimum Gasteiger partial charge on any atom is -0.493 e. The smallest absolute Gasteiger partial charge is 0.410 e. The number of methoxy groups -OCH3 is 1. The van der Waals surface area contributed by atoms with E-state index in [2.05, 4.69) is 4.98 Å². The van der Waals surface area contributed by atoms with E-state index in [9.17, 15) is 14.3 Å². The van der Waals surface area contributed by atoms with Crippen molar-refractivity contribution < 1.29 is 28.5 Å². The number of halogens is 1. The second kappa shape index (κ2) is 10.2. The van der Waals surface area contributed by atoms with Crippen LogP contribution in [0.2, 0.25) is 0 Å². The van der Waals surface area contributed by atoms with E-state index in [0.717, 1.165) is 10.4 Å². The van der Waals surface area contributed by atoms with E-state index < -0.39 is 11.4 Å². The predicted octanol–water partition coefficient (Wildman–Crippen LogP) is 5.45. The van der Waals surface area contributed by atoms with Gasteiger partial charge in [0.05, 0.1) is 30.8 Å². The molecule has 1 N–H and O–H groups in total. The molecule has 0 fully saturated rings. The second-order valence-electron chi connectivity index (χ2n) is 9.95. The van der Waals surface area contributed by atoms with Gasteiger partial charge in [-0.25, -0.2) is 14.2 Å². The minimum atomic E-state index is -0.593. The number of thiophene rings is 1. The Morgan fingerprint density at radius 2 is 2.00 bits per heavy atom. The van der Waals surface area contributed by atoms with Crippen LogP contribution in [0, 0.1) is 5.82 Å². The van der Waals surface area contributed by atoms with Crippen molar-refractivity contribution in [3.05, 3.63) is 47.2 Å². The molecule has 0 spiro atoms. The van der Waals surface area contributed by atoms with Gasteiger partial charge in [0.1, 0.15) is 35.2 Å². The summed E-state index contributed by atoms with van der Waals surface area (Å²) in [6.07, 6.45) is -0.382. The van der Waals surface area contributed by atoms with Crippen molar-refractivity contribution in [3.63, 3.8) is 0 Å². The van der Waals surface area contributed by atoms with Crippen LogP contribution in [-0.2, 0) is 22.6 Å². The Morgan fingerprint density at radius 3 is 2.76 bits per heavy atom. The quantitative estimate of drug-likeness (QED) is 0.325. The summed E-state index contributed by atoms with van der Waals surface area (Å²) in [7, 11) is 1.57. The van der Waals surface area contributed by atoms with Crippen LogP contribution in [0.25, 0.3) is 32.6 Å². The lowest BCUT2D eigenvalue weighted by Crippen LogP contribution is -2.41. The van der Waals surface area contributed by atoms with Crippen LogP contribution in [0.5, 0.6) is 11.6 Å². The van der Waals surface area contributed by atoms with E-state index in [4.69, 9.17) is 19.3 Å². The summed E-state index contributed by atoms with van der Waals surface area (Å²) >= 11 is 1.44. The lowest BCUT2D eigenvalue weighted by atomic mass is 9.99. The Balaban J connectivity index is 1.59. The molecule has 1 amide bonds. The van der Waals surface area contributed by atoms with Crippen molar-refractivity contribution in [3.8, 4) is 34.1 Å². The van der Waals surface area contributed by atoms with Gasteiger partial charge in [-0.2, -0.15) is 5.10 Å². The van der Waals surface area contributed by atoms with Crippen molar-refractivity contribution >= 4 is 27.5 Å². The molecule has 4 aromatic rings. The van der Waals surface area contributed by atoms with Gasteiger partial charge in [0.2, 0.25) is 5.88 Å². The lowest BCUT2D eigenvalue weighted by molar-refractivity contribution is 0.0194. The molecule has 0 unspecified atom stereocenters. The van der Waals surface area contributed by atoms with Gasteiger partial charge in [-0.1, -0.05) is 0 Å². The van der Waals surface area contributed by atoms with Crippen LogP contribution in [0.3, 0.4) is 0 Å². The van der Waals surface area contributed by atoms with Crippen LogP contribution in [0.15, 0.2) is 35.7 Å². The van der Waals surface area contributed by atoms with Crippen molar-refractivity contribution in [1.29, 1.82) is 0 Å². The summed E-state index contributed by atoms with van der Waals surface area (Å²) in [6, 6.07) is 8.00. The van der Waals surface area contributed by atoms with Crippen molar-refractivity contribution in [2.24, 2.45) is 0 Å². The first-order valence-corrected chi connectivity index (χ1v) is 13.1. The average Bonchev–Trinajstić information content (AvgIpc) is 3.51. The highest BCUT2D eigenvalue weighted by molar-refractivity contribution is 7.17. The largest absolute Gasteiger partial charge is 0.493 e. The zero-order valence-electron chi connectivity index (χ0n) is 21.7. The predicted molar refractivity (Wildman–Crippen MR) is 142 cm³/mol. The molecule has 0 radical (unpaired) electrons. The molecule has 1 aliphatic rings. The van der Waals surface area contributed by atoms with Crippen LogP contribution >= 0.6 is 11.3 Å². The van der Waals surface area contributed by atoms with Crippen molar-refractivity contribution in [1.82, 2.24) is 19.7 Å². The summed E-state index contributed by atoms with van der Waals surface area (Å²) in [5, 5.41) is 18.0. The number of aromatic nitrogens is 3. The van der Waals surface area contributed by atoms with E-state index >= 15 is 0 Å². The van der Waals surface area contributed by atoms with E-state index in [1.165, 1.54) is 23.5 Å². The van der Waals surface area contributed by atoms with Gasteiger partial charge in [0, 0.05) is 35.5 Å². The second-order valence-corrected chi connectivity index (χ2v) is 10.9. The van der Waals surface area contributed by atoms with E-state index in [-0.39, 0.29) is 18.6 Å². The number of carbonyl (C=O) groups excluding carboxylic acids is 1. The Morgan fingerprint density at radius 1 is 1.18 bits per heavy atom. The molecular weight excluding hydrogens is 511 g/mol. The summed E-state index contributed by atoms with van der Waals surface area (Å²) in [5.41, 5.74) is 2.49. The molecule has 11 heteroatoms. The fourth-order valence-corrected chi connectivity index (χ4v) is 5.32. The molecule has 0 saturated heterocycles. The molecule has 0 bridgehead atoms. The van der Waals surface area contributed by atoms with E-state index in [0.29, 0.717) is 59.9 Å². The van der Waals surface area contributed by atoms with Gasteiger partial charge in [0.15, 0.2) is 0 Å². The van der Waals surface area contributed by atoms with Crippen LogP contribution < -0.4 is 4.74 Å². The zero-order valence-corrected chi connectivity index (χ0v) is 22.5. The van der Waals surface area contributed by atoms with E-state index in [1.54, 1.807) is 24.1 Å². The monoisotopic (exact) mass is 540 g/mol. The Kier molecular flexibility index (Phi) is 6.97. The highest BCUT2D eigenvalue weighted by atomic mass is 32.1. The Hall–Kier alpha value is -3.70. The average molecular weight is 541 g/mol. The molecule has 1 aliphatic heterocycles. The summed E-state index contributed by atoms with van der Waals surface area (Å²) in [6.45, 7) is 7.34. The van der Waals surface area contributed by atoms with Gasteiger partial charge in [-0.3, -0.25) is 4.68 Å². The first-order valence-electron chi connectivity index (χ1n) is 12.2. The Labute approximate surface area is 223 Å². The van der Waals surface area contributed by atoms with Gasteiger partial charge in [-0.15, -0.1) is 11.3 Å². The SMILES string of the molecule is COCCOc1cc(F)ccc1-c1c(-c2cc3n(n2)CCN(C(=O)OC(C)(C)C)C3)nc(O)c2ccsc12. The number of aromatic hydroxyl groups is 1. The third-order valence-corrected chi connectivity index (χ3v) is 6.97. The summed E-state index contributed by atoms with van der Waals surface area (Å²) in [5.74, 6) is -0.215. The molecule has 9 nitrogen and oxygen atoms in total. The van der Waals surface area contributed by atoms with Gasteiger partial charge in [0.25, 0.3) is 0 Å². The number of fused-ring (bicyclic) bond motifs is 2. The van der Waals surface area contributed by atoms with Crippen molar-refractivity contribution in [2.45, 2.75) is 39.5 Å². The first kappa shape index (κ1) is 25.9. The van der Waals surface area contributed by atoms with Crippen LogP contribution in [0.1, 0.15) is 26.5 Å². The molecule has 38 heavy (non-hydrogen) atoms. The number of carbonyl (C=O) groups is 1. The van der Waals surface area contributed by atoms with Crippen LogP contribution in [-0.4, -0.2) is 63.3 Å². The summed E-state index contributed by atoms with van der Waals surface area (Å²) < 4.78 is 33.4. The van der Waals surface area contributed by atoms with E-state index in [1.807, 2.05) is 36.9 Å². The highest BCUT2D eigenvalue weighted by Crippen LogP contribution is 2.45. The maximum atomic E-state index is 14.3. The van der Waals surface area contributed by atoms with Crippen LogP contribution in [0.4, 0.5) is 9.18 Å². The van der Waals surface area contributed by atoms with Gasteiger partial charge < -0.3 is 24.2 Å².